The molecule has 0 saturated heterocycles. The van der Waals surface area contributed by atoms with E-state index >= 15 is 0 Å². The zero-order valence-corrected chi connectivity index (χ0v) is 8.21. The molecule has 15 heavy (non-hydrogen) atoms. The maximum absolute atomic E-state index is 9.13. The summed E-state index contributed by atoms with van der Waals surface area (Å²) in [5.74, 6) is 0.469. The van der Waals surface area contributed by atoms with Crippen LogP contribution >= 0.6 is 0 Å². The summed E-state index contributed by atoms with van der Waals surface area (Å²) in [6.45, 7) is 1.81. The van der Waals surface area contributed by atoms with Gasteiger partial charge in [-0.15, -0.1) is 0 Å². The van der Waals surface area contributed by atoms with Crippen molar-refractivity contribution in [3.8, 4) is 11.5 Å². The van der Waals surface area contributed by atoms with Crippen LogP contribution in [0.4, 0.5) is 0 Å². The molecule has 2 N–H and O–H groups in total. The Balaban J connectivity index is 2.48. The van der Waals surface area contributed by atoms with Gasteiger partial charge in [-0.2, -0.15) is 0 Å². The molecule has 5 heteroatoms. The lowest BCUT2D eigenvalue weighted by atomic mass is 9.76. The first-order chi connectivity index (χ1) is 7.18. The van der Waals surface area contributed by atoms with Gasteiger partial charge in [0, 0.05) is 5.56 Å². The summed E-state index contributed by atoms with van der Waals surface area (Å²) >= 11 is 0. The van der Waals surface area contributed by atoms with E-state index in [1.807, 2.05) is 13.0 Å². The Bertz CT molecular complexity index is 454. The molecule has 0 amide bonds. The van der Waals surface area contributed by atoms with E-state index in [1.165, 1.54) is 6.26 Å². The lowest BCUT2D eigenvalue weighted by Gasteiger charge is -2.05. The molecule has 0 aliphatic heterocycles. The van der Waals surface area contributed by atoms with E-state index < -0.39 is 7.12 Å². The van der Waals surface area contributed by atoms with E-state index in [0.29, 0.717) is 11.4 Å². The predicted octanol–water partition coefficient (Wildman–Crippen LogP) is 0.330. The molecular weight excluding hydrogens is 193 g/mol. The SMILES string of the molecule is Cc1ccc(-c2ncco2)cc1B(O)O. The summed E-state index contributed by atoms with van der Waals surface area (Å²) in [6.07, 6.45) is 3.02. The largest absolute Gasteiger partial charge is 0.488 e. The third kappa shape index (κ3) is 1.93. The fourth-order valence-corrected chi connectivity index (χ4v) is 1.42. The van der Waals surface area contributed by atoms with Crippen LogP contribution in [0.15, 0.2) is 35.1 Å². The second-order valence-electron chi connectivity index (χ2n) is 3.28. The minimum atomic E-state index is -1.47. The van der Waals surface area contributed by atoms with Crippen LogP contribution in [-0.2, 0) is 0 Å². The van der Waals surface area contributed by atoms with E-state index in [4.69, 9.17) is 14.5 Å². The summed E-state index contributed by atoms with van der Waals surface area (Å²) in [4.78, 5) is 3.99. The highest BCUT2D eigenvalue weighted by Crippen LogP contribution is 2.16. The molecule has 0 fully saturated rings. The maximum atomic E-state index is 9.13. The van der Waals surface area contributed by atoms with Crippen molar-refractivity contribution in [2.45, 2.75) is 6.92 Å². The van der Waals surface area contributed by atoms with Gasteiger partial charge in [-0.3, -0.25) is 0 Å². The first kappa shape index (κ1) is 9.95. The van der Waals surface area contributed by atoms with Crippen LogP contribution in [0.25, 0.3) is 11.5 Å². The highest BCUT2D eigenvalue weighted by atomic mass is 16.4. The molecule has 0 aliphatic carbocycles. The zero-order valence-electron chi connectivity index (χ0n) is 8.21. The second kappa shape index (κ2) is 3.88. The average Bonchev–Trinajstić information content (AvgIpc) is 2.71. The van der Waals surface area contributed by atoms with Crippen LogP contribution in [0.3, 0.4) is 0 Å². The van der Waals surface area contributed by atoms with Crippen LogP contribution in [0.5, 0.6) is 0 Å². The normalized spacial score (nSPS) is 10.3. The minimum Gasteiger partial charge on any atom is -0.445 e. The quantitative estimate of drug-likeness (QED) is 0.690. The van der Waals surface area contributed by atoms with Crippen molar-refractivity contribution in [1.29, 1.82) is 0 Å². The van der Waals surface area contributed by atoms with E-state index in [0.717, 1.165) is 11.1 Å². The third-order valence-electron chi connectivity index (χ3n) is 2.24. The van der Waals surface area contributed by atoms with Crippen LogP contribution in [0.2, 0.25) is 0 Å². The van der Waals surface area contributed by atoms with Crippen LogP contribution in [-0.4, -0.2) is 22.2 Å². The monoisotopic (exact) mass is 203 g/mol. The Morgan fingerprint density at radius 3 is 2.73 bits per heavy atom. The number of aromatic nitrogens is 1. The second-order valence-corrected chi connectivity index (χ2v) is 3.28. The van der Waals surface area contributed by atoms with Crippen molar-refractivity contribution in [1.82, 2.24) is 4.98 Å². The van der Waals surface area contributed by atoms with E-state index in [-0.39, 0.29) is 0 Å². The number of rotatable bonds is 2. The molecule has 0 aliphatic rings. The molecule has 1 aromatic heterocycles. The number of benzene rings is 1. The Morgan fingerprint density at radius 2 is 2.13 bits per heavy atom. The van der Waals surface area contributed by atoms with Crippen LogP contribution < -0.4 is 5.46 Å². The number of oxazole rings is 1. The van der Waals surface area contributed by atoms with E-state index in [1.54, 1.807) is 18.3 Å². The van der Waals surface area contributed by atoms with Gasteiger partial charge >= 0.3 is 7.12 Å². The molecule has 0 spiro atoms. The van der Waals surface area contributed by atoms with Gasteiger partial charge in [0.15, 0.2) is 0 Å². The fourth-order valence-electron chi connectivity index (χ4n) is 1.42. The topological polar surface area (TPSA) is 66.5 Å². The van der Waals surface area contributed by atoms with E-state index in [2.05, 4.69) is 4.98 Å². The van der Waals surface area contributed by atoms with Crippen molar-refractivity contribution in [3.05, 3.63) is 36.2 Å². The minimum absolute atomic E-state index is 0.464. The van der Waals surface area contributed by atoms with Gasteiger partial charge in [0.2, 0.25) is 5.89 Å². The molecule has 0 atom stereocenters. The van der Waals surface area contributed by atoms with Crippen molar-refractivity contribution in [2.75, 3.05) is 0 Å². The predicted molar refractivity (Wildman–Crippen MR) is 56.5 cm³/mol. The number of aryl methyl sites for hydroxylation is 1. The summed E-state index contributed by atoms with van der Waals surface area (Å²) in [6, 6.07) is 5.28. The van der Waals surface area contributed by atoms with Gasteiger partial charge in [0.1, 0.15) is 6.26 Å². The first-order valence-electron chi connectivity index (χ1n) is 4.55. The summed E-state index contributed by atoms with van der Waals surface area (Å²) in [5, 5.41) is 18.3. The standard InChI is InChI=1S/C10H10BNO3/c1-7-2-3-8(6-9(7)11(13)14)10-12-4-5-15-10/h2-6,13-14H,1H3. The van der Waals surface area contributed by atoms with Gasteiger partial charge < -0.3 is 14.5 Å². The summed E-state index contributed by atoms with van der Waals surface area (Å²) in [7, 11) is -1.47. The third-order valence-corrected chi connectivity index (χ3v) is 2.24. The Kier molecular flexibility index (Phi) is 2.57. The molecule has 76 valence electrons. The molecule has 0 unspecified atom stereocenters. The fraction of sp³-hybridized carbons (Fsp3) is 0.100. The maximum Gasteiger partial charge on any atom is 0.488 e. The zero-order chi connectivity index (χ0) is 10.8. The van der Waals surface area contributed by atoms with Gasteiger partial charge in [-0.1, -0.05) is 11.6 Å². The summed E-state index contributed by atoms with van der Waals surface area (Å²) in [5.41, 5.74) is 2.01. The molecule has 4 nitrogen and oxygen atoms in total. The smallest absolute Gasteiger partial charge is 0.445 e. The molecule has 0 radical (unpaired) electrons. The number of hydrogen-bond donors (Lipinski definition) is 2. The Labute approximate surface area is 87.3 Å². The molecule has 0 bridgehead atoms. The van der Waals surface area contributed by atoms with E-state index in [9.17, 15) is 0 Å². The van der Waals surface area contributed by atoms with Gasteiger partial charge in [0.05, 0.1) is 6.20 Å². The highest BCUT2D eigenvalue weighted by Gasteiger charge is 2.15. The molecular formula is C10H10BNO3. The van der Waals surface area contributed by atoms with Gasteiger partial charge in [0.25, 0.3) is 0 Å². The van der Waals surface area contributed by atoms with Crippen molar-refractivity contribution in [2.24, 2.45) is 0 Å². The van der Waals surface area contributed by atoms with Gasteiger partial charge in [-0.25, -0.2) is 4.98 Å². The van der Waals surface area contributed by atoms with Gasteiger partial charge in [-0.05, 0) is 24.5 Å². The molecule has 2 aromatic rings. The van der Waals surface area contributed by atoms with Crippen molar-refractivity contribution in [3.63, 3.8) is 0 Å². The molecule has 0 saturated carbocycles. The number of nitrogens with zero attached hydrogens (tertiary/aromatic N) is 1. The molecule has 1 aromatic carbocycles. The average molecular weight is 203 g/mol. The lowest BCUT2D eigenvalue weighted by Crippen LogP contribution is -2.32. The van der Waals surface area contributed by atoms with Crippen LogP contribution in [0.1, 0.15) is 5.56 Å². The Morgan fingerprint density at radius 1 is 1.33 bits per heavy atom. The van der Waals surface area contributed by atoms with Crippen LogP contribution in [0, 0.1) is 6.92 Å². The van der Waals surface area contributed by atoms with Crippen molar-refractivity contribution >= 4 is 12.6 Å². The molecule has 1 heterocycles. The lowest BCUT2D eigenvalue weighted by molar-refractivity contribution is 0.425. The Hall–Kier alpha value is -1.59. The molecule has 2 rings (SSSR count). The van der Waals surface area contributed by atoms with Crippen molar-refractivity contribution < 1.29 is 14.5 Å². The number of hydrogen-bond acceptors (Lipinski definition) is 4. The highest BCUT2D eigenvalue weighted by molar-refractivity contribution is 6.59. The summed E-state index contributed by atoms with van der Waals surface area (Å²) < 4.78 is 5.12. The first-order valence-corrected chi connectivity index (χ1v) is 4.55.